The fourth-order valence-electron chi connectivity index (χ4n) is 1.26. The molecule has 0 unspecified atom stereocenters. The first-order valence-corrected chi connectivity index (χ1v) is 7.30. The quantitative estimate of drug-likeness (QED) is 0.363. The van der Waals surface area contributed by atoms with Crippen molar-refractivity contribution in [3.05, 3.63) is 29.8 Å². The SMILES string of the molecule is CC(=O)c1ccc(N=C(SC(=S)N(C)C)N(C)C)cc1. The highest BCUT2D eigenvalue weighted by Gasteiger charge is 2.09. The number of thiocarbonyl (C=S) groups is 1. The van der Waals surface area contributed by atoms with Crippen LogP contribution in [-0.2, 0) is 0 Å². The Labute approximate surface area is 129 Å². The minimum absolute atomic E-state index is 0.0523. The van der Waals surface area contributed by atoms with Gasteiger partial charge in [0.15, 0.2) is 11.0 Å². The monoisotopic (exact) mass is 309 g/mol. The van der Waals surface area contributed by atoms with Crippen LogP contribution in [0.2, 0.25) is 0 Å². The molecule has 0 aliphatic heterocycles. The van der Waals surface area contributed by atoms with Crippen molar-refractivity contribution in [3.63, 3.8) is 0 Å². The van der Waals surface area contributed by atoms with E-state index in [2.05, 4.69) is 4.99 Å². The van der Waals surface area contributed by atoms with E-state index >= 15 is 0 Å². The number of benzene rings is 1. The fraction of sp³-hybridized carbons (Fsp3) is 0.357. The molecule has 0 aliphatic rings. The molecule has 6 heteroatoms. The van der Waals surface area contributed by atoms with Crippen LogP contribution in [0.3, 0.4) is 0 Å². The lowest BCUT2D eigenvalue weighted by Crippen LogP contribution is -2.24. The lowest BCUT2D eigenvalue weighted by Gasteiger charge is -2.18. The first-order chi connectivity index (χ1) is 9.31. The average Bonchev–Trinajstić information content (AvgIpc) is 2.38. The second-order valence-electron chi connectivity index (χ2n) is 4.65. The number of carbonyl (C=O) groups excluding carboxylic acids is 1. The average molecular weight is 309 g/mol. The lowest BCUT2D eigenvalue weighted by molar-refractivity contribution is 0.101. The van der Waals surface area contributed by atoms with Crippen LogP contribution < -0.4 is 0 Å². The summed E-state index contributed by atoms with van der Waals surface area (Å²) >= 11 is 6.71. The molecule has 0 N–H and O–H groups in total. The summed E-state index contributed by atoms with van der Waals surface area (Å²) in [5, 5.41) is 0.805. The molecule has 108 valence electrons. The molecular formula is C14H19N3OS2. The molecule has 0 saturated carbocycles. The van der Waals surface area contributed by atoms with Crippen LogP contribution in [0.15, 0.2) is 29.3 Å². The zero-order chi connectivity index (χ0) is 15.3. The van der Waals surface area contributed by atoms with Crippen molar-refractivity contribution < 1.29 is 4.79 Å². The second kappa shape index (κ2) is 7.40. The minimum Gasteiger partial charge on any atom is -0.363 e. The van der Waals surface area contributed by atoms with Gasteiger partial charge in [0.2, 0.25) is 0 Å². The predicted molar refractivity (Wildman–Crippen MR) is 91.1 cm³/mol. The van der Waals surface area contributed by atoms with E-state index in [0.717, 1.165) is 15.2 Å². The smallest absolute Gasteiger partial charge is 0.170 e. The van der Waals surface area contributed by atoms with Crippen molar-refractivity contribution in [3.8, 4) is 0 Å². The van der Waals surface area contributed by atoms with Gasteiger partial charge in [-0.3, -0.25) is 4.79 Å². The molecule has 0 radical (unpaired) electrons. The molecule has 1 aromatic carbocycles. The lowest BCUT2D eigenvalue weighted by atomic mass is 10.1. The van der Waals surface area contributed by atoms with Gasteiger partial charge in [-0.2, -0.15) is 0 Å². The van der Waals surface area contributed by atoms with Crippen molar-refractivity contribution in [1.29, 1.82) is 0 Å². The summed E-state index contributed by atoms with van der Waals surface area (Å²) in [6.45, 7) is 1.55. The van der Waals surface area contributed by atoms with E-state index in [1.165, 1.54) is 11.8 Å². The van der Waals surface area contributed by atoms with Crippen LogP contribution >= 0.6 is 24.0 Å². The number of thioether (sulfide) groups is 1. The molecule has 0 bridgehead atoms. The number of hydrogen-bond donors (Lipinski definition) is 0. The van der Waals surface area contributed by atoms with Crippen molar-refractivity contribution in [2.24, 2.45) is 4.99 Å². The third-order valence-corrected chi connectivity index (χ3v) is 4.22. The van der Waals surface area contributed by atoms with Crippen molar-refractivity contribution in [2.45, 2.75) is 6.92 Å². The summed E-state index contributed by atoms with van der Waals surface area (Å²) in [6.07, 6.45) is 0. The molecular weight excluding hydrogens is 290 g/mol. The highest BCUT2D eigenvalue weighted by molar-refractivity contribution is 8.32. The minimum atomic E-state index is 0.0523. The van der Waals surface area contributed by atoms with Gasteiger partial charge in [-0.25, -0.2) is 4.99 Å². The zero-order valence-corrected chi connectivity index (χ0v) is 14.0. The third kappa shape index (κ3) is 4.94. The van der Waals surface area contributed by atoms with E-state index in [4.69, 9.17) is 12.2 Å². The second-order valence-corrected chi connectivity index (χ2v) is 6.26. The highest BCUT2D eigenvalue weighted by Crippen LogP contribution is 2.19. The number of ketones is 1. The predicted octanol–water partition coefficient (Wildman–Crippen LogP) is 3.02. The Morgan fingerprint density at radius 3 is 2.05 bits per heavy atom. The molecule has 1 aromatic rings. The van der Waals surface area contributed by atoms with Gasteiger partial charge in [-0.15, -0.1) is 0 Å². The Morgan fingerprint density at radius 1 is 1.10 bits per heavy atom. The number of rotatable bonds is 2. The van der Waals surface area contributed by atoms with E-state index < -0.39 is 0 Å². The van der Waals surface area contributed by atoms with Gasteiger partial charge in [0, 0.05) is 33.8 Å². The van der Waals surface area contributed by atoms with Gasteiger partial charge in [-0.05, 0) is 43.0 Å². The molecule has 0 amide bonds. The third-order valence-electron chi connectivity index (χ3n) is 2.42. The summed E-state index contributed by atoms with van der Waals surface area (Å²) in [6, 6.07) is 7.23. The van der Waals surface area contributed by atoms with E-state index in [-0.39, 0.29) is 5.78 Å². The normalized spacial score (nSPS) is 11.2. The Bertz CT molecular complexity index is 522. The number of Topliss-reactive ketones (excluding diaryl/α,β-unsaturated/α-hetero) is 1. The summed E-state index contributed by atoms with van der Waals surface area (Å²) < 4.78 is 0.748. The Hall–Kier alpha value is -1.40. The molecule has 0 heterocycles. The molecule has 4 nitrogen and oxygen atoms in total. The van der Waals surface area contributed by atoms with Gasteiger partial charge in [0.25, 0.3) is 0 Å². The van der Waals surface area contributed by atoms with Crippen molar-refractivity contribution in [1.82, 2.24) is 9.80 Å². The Balaban J connectivity index is 2.96. The largest absolute Gasteiger partial charge is 0.363 e. The standard InChI is InChI=1S/C14H19N3OS2/c1-10(18)11-6-8-12(9-7-11)15-13(16(2)3)20-14(19)17(4)5/h6-9H,1-5H3. The summed E-state index contributed by atoms with van der Waals surface area (Å²) in [5.41, 5.74) is 1.49. The summed E-state index contributed by atoms with van der Waals surface area (Å²) in [5.74, 6) is 0.0523. The maximum atomic E-state index is 11.2. The number of carbonyl (C=O) groups is 1. The van der Waals surface area contributed by atoms with Crippen LogP contribution in [-0.4, -0.2) is 53.3 Å². The summed E-state index contributed by atoms with van der Waals surface area (Å²) in [7, 11) is 7.66. The number of nitrogens with zero attached hydrogens (tertiary/aromatic N) is 3. The van der Waals surface area contributed by atoms with Crippen LogP contribution in [0.5, 0.6) is 0 Å². The molecule has 0 atom stereocenters. The maximum absolute atomic E-state index is 11.2. The summed E-state index contributed by atoms with van der Waals surface area (Å²) in [4.78, 5) is 19.6. The Morgan fingerprint density at radius 2 is 1.65 bits per heavy atom. The number of hydrogen-bond acceptors (Lipinski definition) is 4. The van der Waals surface area contributed by atoms with Gasteiger partial charge >= 0.3 is 0 Å². The first-order valence-electron chi connectivity index (χ1n) is 6.07. The van der Waals surface area contributed by atoms with E-state index in [1.807, 2.05) is 50.1 Å². The molecule has 0 spiro atoms. The van der Waals surface area contributed by atoms with Crippen molar-refractivity contribution in [2.75, 3.05) is 28.2 Å². The van der Waals surface area contributed by atoms with Crippen LogP contribution in [0.25, 0.3) is 0 Å². The van der Waals surface area contributed by atoms with Gasteiger partial charge < -0.3 is 9.80 Å². The fourth-order valence-corrected chi connectivity index (χ4v) is 2.16. The number of aliphatic imine (C=N–C) groups is 1. The molecule has 0 saturated heterocycles. The van der Waals surface area contributed by atoms with Crippen LogP contribution in [0, 0.1) is 0 Å². The molecule has 1 rings (SSSR count). The van der Waals surface area contributed by atoms with Gasteiger partial charge in [0.05, 0.1) is 5.69 Å². The number of amidine groups is 1. The van der Waals surface area contributed by atoms with Gasteiger partial charge in [0.1, 0.15) is 4.32 Å². The van der Waals surface area contributed by atoms with E-state index in [9.17, 15) is 4.79 Å². The highest BCUT2D eigenvalue weighted by atomic mass is 32.2. The molecule has 20 heavy (non-hydrogen) atoms. The van der Waals surface area contributed by atoms with E-state index in [1.54, 1.807) is 19.1 Å². The first kappa shape index (κ1) is 16.7. The molecule has 0 aliphatic carbocycles. The van der Waals surface area contributed by atoms with Gasteiger partial charge in [-0.1, -0.05) is 12.2 Å². The van der Waals surface area contributed by atoms with Crippen LogP contribution in [0.4, 0.5) is 5.69 Å². The van der Waals surface area contributed by atoms with E-state index in [0.29, 0.717) is 5.56 Å². The molecule has 0 aromatic heterocycles. The Kier molecular flexibility index (Phi) is 6.16. The maximum Gasteiger partial charge on any atom is 0.170 e. The van der Waals surface area contributed by atoms with Crippen molar-refractivity contribution >= 4 is 44.9 Å². The zero-order valence-electron chi connectivity index (χ0n) is 12.4. The van der Waals surface area contributed by atoms with Crippen LogP contribution in [0.1, 0.15) is 17.3 Å². The molecule has 0 fully saturated rings. The topological polar surface area (TPSA) is 35.9 Å².